The molecule has 7 nitrogen and oxygen atoms in total. The highest BCUT2D eigenvalue weighted by Gasteiger charge is 2.30. The topological polar surface area (TPSA) is 115 Å². The number of sulfonamides is 1. The van der Waals surface area contributed by atoms with E-state index in [0.29, 0.717) is 22.3 Å². The maximum Gasteiger partial charge on any atom is 0.216 e. The summed E-state index contributed by atoms with van der Waals surface area (Å²) in [6, 6.07) is 10.7. The highest BCUT2D eigenvalue weighted by Crippen LogP contribution is 2.32. The lowest BCUT2D eigenvalue weighted by molar-refractivity contribution is 0.103. The highest BCUT2D eigenvalue weighted by atomic mass is 32.2. The van der Waals surface area contributed by atoms with Crippen LogP contribution in [-0.2, 0) is 10.0 Å². The minimum Gasteiger partial charge on any atom is -0.497 e. The number of pyridine rings is 1. The zero-order valence-electron chi connectivity index (χ0n) is 18.3. The van der Waals surface area contributed by atoms with Crippen molar-refractivity contribution >= 4 is 26.8 Å². The Balaban J connectivity index is 1.82. The molecule has 0 aliphatic carbocycles. The number of carbonyl (C=O) groups is 1. The lowest BCUT2D eigenvalue weighted by atomic mass is 9.97. The number of carbonyl (C=O) groups excluding carboxylic acids is 1. The van der Waals surface area contributed by atoms with Gasteiger partial charge in [0.05, 0.1) is 12.7 Å². The number of hydrogen-bond acceptors (Lipinski definition) is 5. The molecule has 2 heterocycles. The van der Waals surface area contributed by atoms with Crippen molar-refractivity contribution in [2.24, 2.45) is 5.14 Å². The largest absolute Gasteiger partial charge is 0.497 e. The van der Waals surface area contributed by atoms with Crippen molar-refractivity contribution in [3.8, 4) is 16.9 Å². The fourth-order valence-electron chi connectivity index (χ4n) is 3.92. The smallest absolute Gasteiger partial charge is 0.216 e. The van der Waals surface area contributed by atoms with Gasteiger partial charge in [-0.1, -0.05) is 25.1 Å². The summed E-state index contributed by atoms with van der Waals surface area (Å²) >= 11 is 0. The molecule has 0 spiro atoms. The van der Waals surface area contributed by atoms with Gasteiger partial charge in [0, 0.05) is 34.5 Å². The molecule has 0 aliphatic rings. The number of ether oxygens (including phenoxy) is 1. The van der Waals surface area contributed by atoms with Gasteiger partial charge >= 0.3 is 0 Å². The van der Waals surface area contributed by atoms with E-state index >= 15 is 4.39 Å². The van der Waals surface area contributed by atoms with Crippen molar-refractivity contribution < 1.29 is 26.7 Å². The van der Waals surface area contributed by atoms with Crippen molar-refractivity contribution in [1.29, 1.82) is 0 Å². The SMILES string of the molecule is CCC(c1ccc(F)c(C(=O)c2c[nH]c3ncc(-c4ccc(OC)cc4)cc23)c1F)S(N)(=O)=O. The lowest BCUT2D eigenvalue weighted by Gasteiger charge is -2.16. The number of nitrogens with two attached hydrogens (primary N) is 1. The predicted octanol–water partition coefficient (Wildman–Crippen LogP) is 4.49. The molecule has 1 unspecified atom stereocenters. The van der Waals surface area contributed by atoms with E-state index in [4.69, 9.17) is 9.88 Å². The minimum absolute atomic E-state index is 0.00327. The molecule has 0 bridgehead atoms. The molecule has 1 atom stereocenters. The molecule has 2 aromatic carbocycles. The first kappa shape index (κ1) is 23.5. The summed E-state index contributed by atoms with van der Waals surface area (Å²) < 4.78 is 59.0. The van der Waals surface area contributed by atoms with Gasteiger partial charge in [0.2, 0.25) is 15.8 Å². The second-order valence-corrected chi connectivity index (χ2v) is 9.44. The summed E-state index contributed by atoms with van der Waals surface area (Å²) in [6.07, 6.45) is 2.88. The van der Waals surface area contributed by atoms with Gasteiger partial charge in [0.25, 0.3) is 0 Å². The Morgan fingerprint density at radius 3 is 2.47 bits per heavy atom. The molecule has 0 radical (unpaired) electrons. The van der Waals surface area contributed by atoms with Gasteiger partial charge in [-0.2, -0.15) is 0 Å². The third kappa shape index (κ3) is 4.17. The van der Waals surface area contributed by atoms with E-state index in [-0.39, 0.29) is 17.5 Å². The number of nitrogens with zero attached hydrogens (tertiary/aromatic N) is 1. The van der Waals surface area contributed by atoms with Crippen LogP contribution in [0.2, 0.25) is 0 Å². The van der Waals surface area contributed by atoms with Crippen LogP contribution in [0.25, 0.3) is 22.2 Å². The lowest BCUT2D eigenvalue weighted by Crippen LogP contribution is -2.23. The molecule has 2 aromatic heterocycles. The van der Waals surface area contributed by atoms with Crippen LogP contribution >= 0.6 is 0 Å². The third-order valence-electron chi connectivity index (χ3n) is 5.66. The van der Waals surface area contributed by atoms with E-state index in [1.165, 1.54) is 13.1 Å². The third-order valence-corrected chi connectivity index (χ3v) is 7.04. The summed E-state index contributed by atoms with van der Waals surface area (Å²) in [5, 5.41) is 4.17. The fraction of sp³-hybridized carbons (Fsp3) is 0.167. The number of ketones is 1. The van der Waals surface area contributed by atoms with Gasteiger partial charge < -0.3 is 9.72 Å². The molecule has 0 fully saturated rings. The molecule has 0 aliphatic heterocycles. The number of H-pyrrole nitrogens is 1. The number of aromatic nitrogens is 2. The Morgan fingerprint density at radius 2 is 1.85 bits per heavy atom. The van der Waals surface area contributed by atoms with Crippen LogP contribution in [0, 0.1) is 11.6 Å². The van der Waals surface area contributed by atoms with E-state index in [0.717, 1.165) is 17.7 Å². The Labute approximate surface area is 194 Å². The maximum absolute atomic E-state index is 15.3. The minimum atomic E-state index is -4.17. The van der Waals surface area contributed by atoms with Gasteiger partial charge in [-0.05, 0) is 36.2 Å². The molecule has 0 amide bonds. The van der Waals surface area contributed by atoms with Gasteiger partial charge in [-0.25, -0.2) is 27.3 Å². The van der Waals surface area contributed by atoms with Crippen molar-refractivity contribution in [2.45, 2.75) is 18.6 Å². The standard InChI is InChI=1S/C24H21F2N3O4S/c1-3-20(34(27,31)32)16-8-9-19(25)21(22(16)26)23(30)18-12-29-24-17(18)10-14(11-28-24)13-4-6-15(33-2)7-5-13/h4-12,20H,3H2,1-2H3,(H,28,29)(H2,27,31,32). The monoisotopic (exact) mass is 485 g/mol. The Kier molecular flexibility index (Phi) is 6.20. The molecule has 10 heteroatoms. The molecule has 3 N–H and O–H groups in total. The van der Waals surface area contributed by atoms with E-state index in [1.54, 1.807) is 31.5 Å². The number of halogens is 2. The molecule has 34 heavy (non-hydrogen) atoms. The summed E-state index contributed by atoms with van der Waals surface area (Å²) in [4.78, 5) is 20.4. The van der Waals surface area contributed by atoms with E-state index in [9.17, 15) is 17.6 Å². The van der Waals surface area contributed by atoms with Crippen LogP contribution < -0.4 is 9.88 Å². The number of benzene rings is 2. The molecular formula is C24H21F2N3O4S. The first-order valence-corrected chi connectivity index (χ1v) is 11.9. The average Bonchev–Trinajstić information content (AvgIpc) is 3.23. The summed E-state index contributed by atoms with van der Waals surface area (Å²) in [5.41, 5.74) is 0.624. The highest BCUT2D eigenvalue weighted by molar-refractivity contribution is 7.89. The summed E-state index contributed by atoms with van der Waals surface area (Å²) in [5.74, 6) is -2.63. The van der Waals surface area contributed by atoms with Gasteiger partial charge in [-0.15, -0.1) is 0 Å². The number of rotatable bonds is 7. The van der Waals surface area contributed by atoms with Gasteiger partial charge in [0.15, 0.2) is 0 Å². The first-order chi connectivity index (χ1) is 16.2. The Bertz CT molecular complexity index is 1500. The van der Waals surface area contributed by atoms with Crippen molar-refractivity contribution in [2.75, 3.05) is 7.11 Å². The van der Waals surface area contributed by atoms with Crippen LogP contribution in [0.1, 0.15) is 40.1 Å². The fourth-order valence-corrected chi connectivity index (χ4v) is 4.92. The zero-order valence-corrected chi connectivity index (χ0v) is 19.1. The Hall–Kier alpha value is -3.63. The molecule has 0 saturated carbocycles. The van der Waals surface area contributed by atoms with Crippen LogP contribution in [0.4, 0.5) is 8.78 Å². The van der Waals surface area contributed by atoms with E-state index in [2.05, 4.69) is 9.97 Å². The first-order valence-electron chi connectivity index (χ1n) is 10.3. The number of primary sulfonamides is 1. The van der Waals surface area contributed by atoms with E-state index in [1.807, 2.05) is 12.1 Å². The normalized spacial score (nSPS) is 12.6. The van der Waals surface area contributed by atoms with Gasteiger partial charge in [0.1, 0.15) is 28.3 Å². The van der Waals surface area contributed by atoms with Crippen molar-refractivity contribution in [3.63, 3.8) is 0 Å². The van der Waals surface area contributed by atoms with Crippen LogP contribution in [0.3, 0.4) is 0 Å². The number of fused-ring (bicyclic) bond motifs is 1. The second-order valence-electron chi connectivity index (χ2n) is 7.69. The molecule has 4 aromatic rings. The number of hydrogen-bond donors (Lipinski definition) is 2. The molecule has 176 valence electrons. The summed E-state index contributed by atoms with van der Waals surface area (Å²) in [6.45, 7) is 1.51. The van der Waals surface area contributed by atoms with Crippen molar-refractivity contribution in [1.82, 2.24) is 9.97 Å². The number of nitrogens with one attached hydrogen (secondary N) is 1. The number of methoxy groups -OCH3 is 1. The maximum atomic E-state index is 15.3. The number of aromatic amines is 1. The quantitative estimate of drug-likeness (QED) is 0.374. The van der Waals surface area contributed by atoms with E-state index < -0.39 is 38.3 Å². The summed E-state index contributed by atoms with van der Waals surface area (Å²) in [7, 11) is -2.62. The zero-order chi connectivity index (χ0) is 24.6. The van der Waals surface area contributed by atoms with Crippen LogP contribution in [0.5, 0.6) is 5.75 Å². The predicted molar refractivity (Wildman–Crippen MR) is 124 cm³/mol. The average molecular weight is 486 g/mol. The van der Waals surface area contributed by atoms with Crippen molar-refractivity contribution in [3.05, 3.63) is 83.2 Å². The Morgan fingerprint density at radius 1 is 1.15 bits per heavy atom. The molecular weight excluding hydrogens is 464 g/mol. The van der Waals surface area contributed by atoms with Gasteiger partial charge in [-0.3, -0.25) is 4.79 Å². The van der Waals surface area contributed by atoms with Crippen LogP contribution in [0.15, 0.2) is 54.9 Å². The second kappa shape index (κ2) is 8.96. The molecule has 4 rings (SSSR count). The molecule has 0 saturated heterocycles. The van der Waals surface area contributed by atoms with Crippen LogP contribution in [-0.4, -0.2) is 31.3 Å².